The number of para-hydroxylation sites is 1. The molecule has 2 N–H and O–H groups in total. The standard InChI is InChI=1S/C16H27N3O/c1-14(19-10-8-18(2)9-11-19)7-12-20-16-6-4-3-5-15(16)13-17/h3-6,14H,7-13,17H2,1-2H3. The Kier molecular flexibility index (Phi) is 5.83. The van der Waals surface area contributed by atoms with Crippen LogP contribution < -0.4 is 10.5 Å². The maximum atomic E-state index is 5.89. The van der Waals surface area contributed by atoms with E-state index in [1.165, 1.54) is 13.1 Å². The van der Waals surface area contributed by atoms with E-state index in [2.05, 4.69) is 23.8 Å². The third-order valence-electron chi connectivity index (χ3n) is 4.15. The number of benzene rings is 1. The van der Waals surface area contributed by atoms with Crippen LogP contribution in [0, 0.1) is 0 Å². The van der Waals surface area contributed by atoms with Crippen molar-refractivity contribution in [3.05, 3.63) is 29.8 Å². The summed E-state index contributed by atoms with van der Waals surface area (Å²) in [6.07, 6.45) is 1.06. The van der Waals surface area contributed by atoms with E-state index in [9.17, 15) is 0 Å². The molecule has 1 unspecified atom stereocenters. The number of piperazine rings is 1. The van der Waals surface area contributed by atoms with Gasteiger partial charge in [0.1, 0.15) is 5.75 Å². The summed E-state index contributed by atoms with van der Waals surface area (Å²) in [6.45, 7) is 8.24. The lowest BCUT2D eigenvalue weighted by Gasteiger charge is -2.36. The molecule has 0 spiro atoms. The topological polar surface area (TPSA) is 41.7 Å². The number of nitrogens with two attached hydrogens (primary N) is 1. The van der Waals surface area contributed by atoms with Crippen LogP contribution in [0.2, 0.25) is 0 Å². The molecule has 0 aliphatic carbocycles. The zero-order valence-electron chi connectivity index (χ0n) is 12.7. The van der Waals surface area contributed by atoms with Gasteiger partial charge in [-0.15, -0.1) is 0 Å². The number of hydrogen-bond donors (Lipinski definition) is 1. The molecule has 1 fully saturated rings. The van der Waals surface area contributed by atoms with Gasteiger partial charge in [0.25, 0.3) is 0 Å². The molecule has 4 heteroatoms. The third kappa shape index (κ3) is 4.20. The van der Waals surface area contributed by atoms with Gasteiger partial charge in [0.2, 0.25) is 0 Å². The number of likely N-dealkylation sites (N-methyl/N-ethyl adjacent to an activating group) is 1. The fourth-order valence-electron chi connectivity index (χ4n) is 2.60. The van der Waals surface area contributed by atoms with Crippen molar-refractivity contribution in [2.24, 2.45) is 5.73 Å². The van der Waals surface area contributed by atoms with Gasteiger partial charge in [-0.25, -0.2) is 0 Å². The Hall–Kier alpha value is -1.10. The van der Waals surface area contributed by atoms with Crippen LogP contribution in [-0.2, 0) is 6.54 Å². The second-order valence-electron chi connectivity index (χ2n) is 5.64. The Morgan fingerprint density at radius 1 is 1.20 bits per heavy atom. The van der Waals surface area contributed by atoms with Crippen LogP contribution >= 0.6 is 0 Å². The number of ether oxygens (including phenoxy) is 1. The molecule has 0 radical (unpaired) electrons. The third-order valence-corrected chi connectivity index (χ3v) is 4.15. The zero-order chi connectivity index (χ0) is 14.4. The first-order chi connectivity index (χ1) is 9.70. The molecule has 1 aliphatic rings. The van der Waals surface area contributed by atoms with E-state index in [1.807, 2.05) is 24.3 Å². The highest BCUT2D eigenvalue weighted by Crippen LogP contribution is 2.18. The minimum Gasteiger partial charge on any atom is -0.493 e. The molecule has 0 aromatic heterocycles. The van der Waals surface area contributed by atoms with Gasteiger partial charge in [-0.1, -0.05) is 18.2 Å². The molecule has 2 rings (SSSR count). The molecule has 1 saturated heterocycles. The molecular formula is C16H27N3O. The van der Waals surface area contributed by atoms with Crippen LogP contribution in [-0.4, -0.2) is 55.7 Å². The second-order valence-corrected chi connectivity index (χ2v) is 5.64. The van der Waals surface area contributed by atoms with E-state index < -0.39 is 0 Å². The summed E-state index contributed by atoms with van der Waals surface area (Å²) in [5.74, 6) is 0.931. The summed E-state index contributed by atoms with van der Waals surface area (Å²) in [5, 5.41) is 0. The molecule has 1 aromatic carbocycles. The maximum Gasteiger partial charge on any atom is 0.123 e. The maximum absolute atomic E-state index is 5.89. The van der Waals surface area contributed by atoms with Crippen molar-refractivity contribution in [1.29, 1.82) is 0 Å². The summed E-state index contributed by atoms with van der Waals surface area (Å²) in [5.41, 5.74) is 6.80. The van der Waals surface area contributed by atoms with Crippen molar-refractivity contribution in [3.63, 3.8) is 0 Å². The van der Waals surface area contributed by atoms with E-state index in [0.29, 0.717) is 12.6 Å². The fourth-order valence-corrected chi connectivity index (χ4v) is 2.60. The van der Waals surface area contributed by atoms with Gasteiger partial charge < -0.3 is 15.4 Å². The first kappa shape index (κ1) is 15.3. The predicted octanol–water partition coefficient (Wildman–Crippen LogP) is 1.55. The van der Waals surface area contributed by atoms with Crippen LogP contribution in [0.3, 0.4) is 0 Å². The summed E-state index contributed by atoms with van der Waals surface area (Å²) in [6, 6.07) is 8.61. The molecule has 1 atom stereocenters. The van der Waals surface area contributed by atoms with Crippen molar-refractivity contribution >= 4 is 0 Å². The van der Waals surface area contributed by atoms with Crippen molar-refractivity contribution in [1.82, 2.24) is 9.80 Å². The van der Waals surface area contributed by atoms with Crippen molar-refractivity contribution in [2.75, 3.05) is 39.8 Å². The highest BCUT2D eigenvalue weighted by Gasteiger charge is 2.18. The first-order valence-corrected chi connectivity index (χ1v) is 7.54. The van der Waals surface area contributed by atoms with Gasteiger partial charge in [0.05, 0.1) is 6.61 Å². The van der Waals surface area contributed by atoms with Crippen molar-refractivity contribution in [3.8, 4) is 5.75 Å². The zero-order valence-corrected chi connectivity index (χ0v) is 12.7. The summed E-state index contributed by atoms with van der Waals surface area (Å²) in [4.78, 5) is 4.94. The molecule has 0 amide bonds. The Balaban J connectivity index is 1.75. The van der Waals surface area contributed by atoms with Gasteiger partial charge in [0, 0.05) is 44.3 Å². The van der Waals surface area contributed by atoms with Gasteiger partial charge in [0.15, 0.2) is 0 Å². The second kappa shape index (κ2) is 7.62. The monoisotopic (exact) mass is 277 g/mol. The molecule has 4 nitrogen and oxygen atoms in total. The van der Waals surface area contributed by atoms with E-state index >= 15 is 0 Å². The normalized spacial score (nSPS) is 18.9. The van der Waals surface area contributed by atoms with E-state index in [-0.39, 0.29) is 0 Å². The van der Waals surface area contributed by atoms with Crippen LogP contribution in [0.15, 0.2) is 24.3 Å². The summed E-state index contributed by atoms with van der Waals surface area (Å²) >= 11 is 0. The molecule has 112 valence electrons. The quantitative estimate of drug-likeness (QED) is 0.856. The van der Waals surface area contributed by atoms with Crippen molar-refractivity contribution in [2.45, 2.75) is 25.9 Å². The van der Waals surface area contributed by atoms with Crippen LogP contribution in [0.4, 0.5) is 0 Å². The molecule has 1 aromatic rings. The molecule has 0 bridgehead atoms. The largest absolute Gasteiger partial charge is 0.493 e. The van der Waals surface area contributed by atoms with Gasteiger partial charge in [-0.3, -0.25) is 4.90 Å². The van der Waals surface area contributed by atoms with E-state index in [0.717, 1.165) is 37.4 Å². The Morgan fingerprint density at radius 2 is 1.90 bits per heavy atom. The lowest BCUT2D eigenvalue weighted by atomic mass is 10.1. The average Bonchev–Trinajstić information content (AvgIpc) is 2.48. The van der Waals surface area contributed by atoms with Crippen LogP contribution in [0.1, 0.15) is 18.9 Å². The minimum atomic E-state index is 0.532. The van der Waals surface area contributed by atoms with Crippen LogP contribution in [0.5, 0.6) is 5.75 Å². The summed E-state index contributed by atoms with van der Waals surface area (Å²) < 4.78 is 5.89. The summed E-state index contributed by atoms with van der Waals surface area (Å²) in [7, 11) is 2.19. The molecule has 0 saturated carbocycles. The van der Waals surface area contributed by atoms with Crippen molar-refractivity contribution < 1.29 is 4.74 Å². The number of rotatable bonds is 6. The van der Waals surface area contributed by atoms with E-state index in [4.69, 9.17) is 10.5 Å². The molecule has 1 aliphatic heterocycles. The first-order valence-electron chi connectivity index (χ1n) is 7.54. The Labute approximate surface area is 122 Å². The fraction of sp³-hybridized carbons (Fsp3) is 0.625. The van der Waals surface area contributed by atoms with Gasteiger partial charge in [-0.05, 0) is 26.5 Å². The lowest BCUT2D eigenvalue weighted by molar-refractivity contribution is 0.106. The molecule has 1 heterocycles. The highest BCUT2D eigenvalue weighted by molar-refractivity contribution is 5.32. The number of nitrogens with zero attached hydrogens (tertiary/aromatic N) is 2. The molecular weight excluding hydrogens is 250 g/mol. The van der Waals surface area contributed by atoms with Gasteiger partial charge >= 0.3 is 0 Å². The SMILES string of the molecule is CC(CCOc1ccccc1CN)N1CCN(C)CC1. The minimum absolute atomic E-state index is 0.532. The average molecular weight is 277 g/mol. The van der Waals surface area contributed by atoms with Crippen LogP contribution in [0.25, 0.3) is 0 Å². The number of hydrogen-bond acceptors (Lipinski definition) is 4. The lowest BCUT2D eigenvalue weighted by Crippen LogP contribution is -2.48. The smallest absolute Gasteiger partial charge is 0.123 e. The highest BCUT2D eigenvalue weighted by atomic mass is 16.5. The molecule has 20 heavy (non-hydrogen) atoms. The predicted molar refractivity (Wildman–Crippen MR) is 83.0 cm³/mol. The Morgan fingerprint density at radius 3 is 2.60 bits per heavy atom. The van der Waals surface area contributed by atoms with E-state index in [1.54, 1.807) is 0 Å². The Bertz CT molecular complexity index is 402. The van der Waals surface area contributed by atoms with Gasteiger partial charge in [-0.2, -0.15) is 0 Å².